The van der Waals surface area contributed by atoms with Gasteiger partial charge in [-0.1, -0.05) is 12.1 Å². The van der Waals surface area contributed by atoms with Gasteiger partial charge in [0.25, 0.3) is 0 Å². The summed E-state index contributed by atoms with van der Waals surface area (Å²) in [5, 5.41) is 10.2. The molecule has 4 rings (SSSR count). The summed E-state index contributed by atoms with van der Waals surface area (Å²) in [7, 11) is 0. The van der Waals surface area contributed by atoms with Gasteiger partial charge in [-0.3, -0.25) is 9.89 Å². The van der Waals surface area contributed by atoms with Gasteiger partial charge in [-0.2, -0.15) is 0 Å². The molecule has 5 nitrogen and oxygen atoms in total. The Morgan fingerprint density at radius 1 is 1.25 bits per heavy atom. The van der Waals surface area contributed by atoms with Gasteiger partial charge in [0.2, 0.25) is 0 Å². The molecule has 2 aliphatic rings. The van der Waals surface area contributed by atoms with Crippen molar-refractivity contribution >= 4 is 41.1 Å². The van der Waals surface area contributed by atoms with E-state index in [1.54, 1.807) is 12.4 Å². The summed E-state index contributed by atoms with van der Waals surface area (Å²) in [4.78, 5) is 16.6. The molecule has 5 heteroatoms. The van der Waals surface area contributed by atoms with Crippen LogP contribution in [0.1, 0.15) is 11.3 Å². The SMILES string of the molecule is O=C(O)N1C=Cc2c(n3c4c(cccc24)N=CC3)C=C1. The Hall–Kier alpha value is -2.82. The van der Waals surface area contributed by atoms with E-state index in [1.165, 1.54) is 0 Å². The second kappa shape index (κ2) is 3.84. The van der Waals surface area contributed by atoms with E-state index in [2.05, 4.69) is 9.56 Å². The molecule has 0 unspecified atom stereocenters. The summed E-state index contributed by atoms with van der Waals surface area (Å²) in [6.45, 7) is 0.702. The van der Waals surface area contributed by atoms with Crippen molar-refractivity contribution in [2.75, 3.05) is 0 Å². The molecular weight excluding hydrogens is 254 g/mol. The van der Waals surface area contributed by atoms with Gasteiger partial charge in [0.1, 0.15) is 0 Å². The third kappa shape index (κ3) is 1.37. The van der Waals surface area contributed by atoms with Crippen LogP contribution in [-0.2, 0) is 6.54 Å². The van der Waals surface area contributed by atoms with E-state index in [0.29, 0.717) is 6.54 Å². The molecule has 0 radical (unpaired) electrons. The number of rotatable bonds is 0. The Morgan fingerprint density at radius 3 is 2.95 bits per heavy atom. The average molecular weight is 265 g/mol. The smallest absolute Gasteiger partial charge is 0.415 e. The van der Waals surface area contributed by atoms with Crippen molar-refractivity contribution in [3.05, 3.63) is 41.9 Å². The number of para-hydroxylation sites is 1. The second-order valence-corrected chi connectivity index (χ2v) is 4.72. The molecule has 2 aliphatic heterocycles. The lowest BCUT2D eigenvalue weighted by Crippen LogP contribution is -2.16. The van der Waals surface area contributed by atoms with Crippen LogP contribution in [0.25, 0.3) is 23.1 Å². The summed E-state index contributed by atoms with van der Waals surface area (Å²) < 4.78 is 2.17. The largest absolute Gasteiger partial charge is 0.464 e. The van der Waals surface area contributed by atoms with E-state index in [1.807, 2.05) is 36.6 Å². The van der Waals surface area contributed by atoms with Crippen LogP contribution >= 0.6 is 0 Å². The Kier molecular flexibility index (Phi) is 2.12. The number of carbonyl (C=O) groups is 1. The van der Waals surface area contributed by atoms with Gasteiger partial charge in [0, 0.05) is 29.6 Å². The minimum absolute atomic E-state index is 0.702. The number of nitrogens with zero attached hydrogens (tertiary/aromatic N) is 3. The first-order chi connectivity index (χ1) is 9.75. The van der Waals surface area contributed by atoms with E-state index in [-0.39, 0.29) is 0 Å². The van der Waals surface area contributed by atoms with Gasteiger partial charge in [-0.05, 0) is 18.2 Å². The van der Waals surface area contributed by atoms with Crippen molar-refractivity contribution in [1.82, 2.24) is 9.47 Å². The number of carboxylic acid groups (broad SMARTS) is 1. The van der Waals surface area contributed by atoms with E-state index in [0.717, 1.165) is 32.7 Å². The maximum absolute atomic E-state index is 11.1. The second-order valence-electron chi connectivity index (χ2n) is 4.72. The van der Waals surface area contributed by atoms with Crippen molar-refractivity contribution in [2.24, 2.45) is 4.99 Å². The highest BCUT2D eigenvalue weighted by atomic mass is 16.4. The number of aromatic nitrogens is 1. The lowest BCUT2D eigenvalue weighted by molar-refractivity contribution is 0.176. The van der Waals surface area contributed by atoms with Crippen LogP contribution in [0.3, 0.4) is 0 Å². The Morgan fingerprint density at radius 2 is 2.10 bits per heavy atom. The van der Waals surface area contributed by atoms with Gasteiger partial charge < -0.3 is 9.67 Å². The molecular formula is C15H11N3O2. The summed E-state index contributed by atoms with van der Waals surface area (Å²) in [5.41, 5.74) is 4.11. The van der Waals surface area contributed by atoms with Crippen molar-refractivity contribution in [2.45, 2.75) is 6.54 Å². The summed E-state index contributed by atoms with van der Waals surface area (Å²) in [6, 6.07) is 6.01. The van der Waals surface area contributed by atoms with Crippen molar-refractivity contribution in [3.8, 4) is 0 Å². The average Bonchev–Trinajstić information content (AvgIpc) is 2.63. The maximum Gasteiger partial charge on any atom is 0.415 e. The first kappa shape index (κ1) is 11.0. The number of aliphatic imine (C=N–C) groups is 1. The molecule has 0 bridgehead atoms. The van der Waals surface area contributed by atoms with Crippen LogP contribution in [0.5, 0.6) is 0 Å². The summed E-state index contributed by atoms with van der Waals surface area (Å²) >= 11 is 0. The van der Waals surface area contributed by atoms with Crippen LogP contribution < -0.4 is 0 Å². The lowest BCUT2D eigenvalue weighted by atomic mass is 10.1. The Balaban J connectivity index is 2.03. The fourth-order valence-corrected chi connectivity index (χ4v) is 2.79. The monoisotopic (exact) mass is 265 g/mol. The van der Waals surface area contributed by atoms with Crippen molar-refractivity contribution < 1.29 is 9.90 Å². The zero-order valence-corrected chi connectivity index (χ0v) is 10.5. The predicted octanol–water partition coefficient (Wildman–Crippen LogP) is 3.29. The van der Waals surface area contributed by atoms with Gasteiger partial charge in [-0.15, -0.1) is 0 Å². The Labute approximate surface area is 114 Å². The number of benzene rings is 1. The fraction of sp³-hybridized carbons (Fsp3) is 0.0667. The molecule has 0 saturated carbocycles. The standard InChI is InChI=1S/C15H11N3O2/c19-15(20)17-7-4-10-11-2-1-3-12-14(11)18(9-6-16-12)13(10)5-8-17/h1-8H,9H2,(H,19,20). The highest BCUT2D eigenvalue weighted by molar-refractivity contribution is 6.02. The van der Waals surface area contributed by atoms with E-state index >= 15 is 0 Å². The topological polar surface area (TPSA) is 57.8 Å². The van der Waals surface area contributed by atoms with Crippen LogP contribution in [0.4, 0.5) is 10.5 Å². The van der Waals surface area contributed by atoms with Crippen LogP contribution in [0.15, 0.2) is 35.6 Å². The van der Waals surface area contributed by atoms with Gasteiger partial charge in [-0.25, -0.2) is 4.79 Å². The van der Waals surface area contributed by atoms with Crippen LogP contribution in [-0.4, -0.2) is 26.9 Å². The van der Waals surface area contributed by atoms with Crippen LogP contribution in [0, 0.1) is 0 Å². The quantitative estimate of drug-likeness (QED) is 0.794. The molecule has 1 amide bonds. The molecule has 98 valence electrons. The first-order valence-corrected chi connectivity index (χ1v) is 6.31. The third-order valence-corrected chi connectivity index (χ3v) is 3.65. The first-order valence-electron chi connectivity index (χ1n) is 6.31. The zero-order chi connectivity index (χ0) is 13.7. The summed E-state index contributed by atoms with van der Waals surface area (Å²) in [6.07, 6.45) is 7.70. The number of fused-ring (bicyclic) bond motifs is 3. The Bertz CT molecular complexity index is 827. The third-order valence-electron chi connectivity index (χ3n) is 3.65. The molecule has 1 aromatic heterocycles. The molecule has 1 N–H and O–H groups in total. The molecule has 1 aromatic carbocycles. The highest BCUT2D eigenvalue weighted by Gasteiger charge is 2.20. The van der Waals surface area contributed by atoms with Crippen molar-refractivity contribution in [3.63, 3.8) is 0 Å². The van der Waals surface area contributed by atoms with Gasteiger partial charge in [0.15, 0.2) is 0 Å². The number of amides is 1. The van der Waals surface area contributed by atoms with Crippen molar-refractivity contribution in [1.29, 1.82) is 0 Å². The predicted molar refractivity (Wildman–Crippen MR) is 78.0 cm³/mol. The summed E-state index contributed by atoms with van der Waals surface area (Å²) in [5.74, 6) is 0. The molecule has 0 fully saturated rings. The number of hydrogen-bond acceptors (Lipinski definition) is 2. The fourth-order valence-electron chi connectivity index (χ4n) is 2.79. The zero-order valence-electron chi connectivity index (χ0n) is 10.5. The molecule has 0 spiro atoms. The minimum Gasteiger partial charge on any atom is -0.464 e. The lowest BCUT2D eigenvalue weighted by Gasteiger charge is -2.11. The molecule has 2 aromatic rings. The number of hydrogen-bond donors (Lipinski definition) is 1. The van der Waals surface area contributed by atoms with E-state index < -0.39 is 6.09 Å². The van der Waals surface area contributed by atoms with E-state index in [4.69, 9.17) is 5.11 Å². The maximum atomic E-state index is 11.1. The van der Waals surface area contributed by atoms with Gasteiger partial charge >= 0.3 is 6.09 Å². The van der Waals surface area contributed by atoms with E-state index in [9.17, 15) is 4.79 Å². The molecule has 20 heavy (non-hydrogen) atoms. The molecule has 0 aliphatic carbocycles. The molecule has 0 saturated heterocycles. The van der Waals surface area contributed by atoms with Crippen LogP contribution in [0.2, 0.25) is 0 Å². The normalized spacial score (nSPS) is 15.5. The highest BCUT2D eigenvalue weighted by Crippen LogP contribution is 2.36. The van der Waals surface area contributed by atoms with Gasteiger partial charge in [0.05, 0.1) is 23.4 Å². The molecule has 0 atom stereocenters. The molecule has 3 heterocycles. The minimum atomic E-state index is -0.993.